The molecule has 5 rings (SSSR count). The number of ether oxygens (including phenoxy) is 1. The lowest BCUT2D eigenvalue weighted by molar-refractivity contribution is -0.137. The molecule has 0 aliphatic carbocycles. The molecule has 2 aliphatic rings. The number of thioether (sulfide) groups is 1. The van der Waals surface area contributed by atoms with E-state index in [1.807, 2.05) is 43.6 Å². The van der Waals surface area contributed by atoms with Gasteiger partial charge in [-0.15, -0.1) is 0 Å². The molecule has 0 saturated heterocycles. The largest absolute Gasteiger partial charge is 0.481 e. The number of carboxylic acid groups (broad SMARTS) is 1. The lowest BCUT2D eigenvalue weighted by atomic mass is 9.99. The molecule has 2 aliphatic heterocycles. The summed E-state index contributed by atoms with van der Waals surface area (Å²) in [5.41, 5.74) is 4.15. The molecule has 0 fully saturated rings. The molecule has 0 amide bonds. The van der Waals surface area contributed by atoms with Crippen LogP contribution in [0, 0.1) is 5.92 Å². The first-order valence-electron chi connectivity index (χ1n) is 12.4. The summed E-state index contributed by atoms with van der Waals surface area (Å²) in [5.74, 6) is 0.622. The highest BCUT2D eigenvalue weighted by molar-refractivity contribution is 8.03. The topological polar surface area (TPSA) is 101 Å². The number of carbonyl (C=O) groups is 1. The number of hydrogen-bond donors (Lipinski definition) is 3. The van der Waals surface area contributed by atoms with Crippen LogP contribution in [-0.2, 0) is 31.1 Å². The lowest BCUT2D eigenvalue weighted by Crippen LogP contribution is -2.14. The van der Waals surface area contributed by atoms with Crippen molar-refractivity contribution in [3.8, 4) is 5.88 Å². The zero-order valence-electron chi connectivity index (χ0n) is 20.6. The number of aryl methyl sites for hydroxylation is 2. The summed E-state index contributed by atoms with van der Waals surface area (Å²) in [7, 11) is 1.84. The van der Waals surface area contributed by atoms with Gasteiger partial charge in [0.05, 0.1) is 18.7 Å². The standard InChI is InChI=1S/C27H30ClN5O3S/c1-33-24(36-12-10-21-9-6-17-3-2-11-29-26(17)31-21)15-22(32-33)13-19(14-25(34)35)23-16-30-27(37-23)18-4-7-20(28)8-5-18/h4-9,15-16,19,27,30H,2-3,10-14H2,1H3,(H,29,31)(H,34,35). The SMILES string of the molecule is Cn1nc(CC(CC(=O)O)C2=CNC(c3ccc(Cl)cc3)S2)cc1OCCc1ccc2c(n1)NCCC2. The number of aliphatic carboxylic acids is 1. The highest BCUT2D eigenvalue weighted by Crippen LogP contribution is 2.42. The lowest BCUT2D eigenvalue weighted by Gasteiger charge is -2.17. The number of nitrogens with zero attached hydrogens (tertiary/aromatic N) is 3. The van der Waals surface area contributed by atoms with Crippen LogP contribution in [-0.4, -0.2) is 39.0 Å². The smallest absolute Gasteiger partial charge is 0.303 e. The summed E-state index contributed by atoms with van der Waals surface area (Å²) in [6, 6.07) is 13.8. The van der Waals surface area contributed by atoms with Gasteiger partial charge in [0.15, 0.2) is 0 Å². The number of carboxylic acids is 1. The van der Waals surface area contributed by atoms with Crippen molar-refractivity contribution in [2.24, 2.45) is 13.0 Å². The summed E-state index contributed by atoms with van der Waals surface area (Å²) >= 11 is 7.65. The summed E-state index contributed by atoms with van der Waals surface area (Å²) in [4.78, 5) is 17.4. The maximum absolute atomic E-state index is 11.7. The van der Waals surface area contributed by atoms with Crippen LogP contribution < -0.4 is 15.4 Å². The van der Waals surface area contributed by atoms with Gasteiger partial charge in [0, 0.05) is 53.8 Å². The molecule has 4 heterocycles. The number of allylic oxidation sites excluding steroid dienone is 1. The third-order valence-corrected chi connectivity index (χ3v) is 8.15. The van der Waals surface area contributed by atoms with Gasteiger partial charge in [0.25, 0.3) is 0 Å². The van der Waals surface area contributed by atoms with Gasteiger partial charge in [-0.3, -0.25) is 4.79 Å². The minimum Gasteiger partial charge on any atom is -0.481 e. The van der Waals surface area contributed by atoms with Crippen LogP contribution in [0.15, 0.2) is 53.6 Å². The Morgan fingerprint density at radius 2 is 2.11 bits per heavy atom. The summed E-state index contributed by atoms with van der Waals surface area (Å²) in [5, 5.41) is 21.6. The molecule has 0 spiro atoms. The van der Waals surface area contributed by atoms with E-state index in [1.54, 1.807) is 16.4 Å². The molecule has 37 heavy (non-hydrogen) atoms. The zero-order chi connectivity index (χ0) is 25.8. The highest BCUT2D eigenvalue weighted by atomic mass is 35.5. The highest BCUT2D eigenvalue weighted by Gasteiger charge is 2.28. The first-order valence-corrected chi connectivity index (χ1v) is 13.7. The van der Waals surface area contributed by atoms with E-state index in [-0.39, 0.29) is 17.7 Å². The number of hydrogen-bond acceptors (Lipinski definition) is 7. The number of rotatable bonds is 10. The molecule has 10 heteroatoms. The van der Waals surface area contributed by atoms with Gasteiger partial charge in [0.1, 0.15) is 11.2 Å². The molecular weight excluding hydrogens is 510 g/mol. The van der Waals surface area contributed by atoms with Gasteiger partial charge in [-0.1, -0.05) is 41.6 Å². The monoisotopic (exact) mass is 539 g/mol. The van der Waals surface area contributed by atoms with Gasteiger partial charge < -0.3 is 20.5 Å². The Morgan fingerprint density at radius 3 is 2.92 bits per heavy atom. The molecule has 0 bridgehead atoms. The maximum Gasteiger partial charge on any atom is 0.303 e. The Kier molecular flexibility index (Phi) is 7.90. The van der Waals surface area contributed by atoms with Gasteiger partial charge in [-0.2, -0.15) is 5.10 Å². The van der Waals surface area contributed by atoms with Crippen molar-refractivity contribution in [1.29, 1.82) is 0 Å². The van der Waals surface area contributed by atoms with Crippen LogP contribution in [0.5, 0.6) is 5.88 Å². The quantitative estimate of drug-likeness (QED) is 0.332. The molecule has 2 atom stereocenters. The second-order valence-electron chi connectivity index (χ2n) is 9.30. The third kappa shape index (κ3) is 6.40. The van der Waals surface area contributed by atoms with Crippen molar-refractivity contribution in [3.63, 3.8) is 0 Å². The van der Waals surface area contributed by atoms with Crippen molar-refractivity contribution in [3.05, 3.63) is 81.1 Å². The van der Waals surface area contributed by atoms with Gasteiger partial charge >= 0.3 is 5.97 Å². The predicted molar refractivity (Wildman–Crippen MR) is 146 cm³/mol. The van der Waals surface area contributed by atoms with E-state index in [0.717, 1.165) is 47.1 Å². The molecule has 3 N–H and O–H groups in total. The van der Waals surface area contributed by atoms with E-state index in [0.29, 0.717) is 30.4 Å². The number of fused-ring (bicyclic) bond motifs is 1. The fraction of sp³-hybridized carbons (Fsp3) is 0.370. The van der Waals surface area contributed by atoms with Crippen molar-refractivity contribution < 1.29 is 14.6 Å². The number of halogens is 1. The van der Waals surface area contributed by atoms with E-state index in [2.05, 4.69) is 27.9 Å². The van der Waals surface area contributed by atoms with Crippen LogP contribution in [0.4, 0.5) is 5.82 Å². The van der Waals surface area contributed by atoms with E-state index in [9.17, 15) is 9.90 Å². The number of anilines is 1. The van der Waals surface area contributed by atoms with Crippen LogP contribution in [0.2, 0.25) is 5.02 Å². The van der Waals surface area contributed by atoms with E-state index in [4.69, 9.17) is 21.3 Å². The third-order valence-electron chi connectivity index (χ3n) is 6.53. The van der Waals surface area contributed by atoms with Crippen molar-refractivity contribution in [1.82, 2.24) is 20.1 Å². The molecule has 8 nitrogen and oxygen atoms in total. The molecule has 194 valence electrons. The normalized spacial score (nSPS) is 17.4. The van der Waals surface area contributed by atoms with Crippen LogP contribution in [0.1, 0.15) is 40.7 Å². The van der Waals surface area contributed by atoms with Crippen molar-refractivity contribution in [2.75, 3.05) is 18.5 Å². The second-order valence-corrected chi connectivity index (χ2v) is 10.9. The molecule has 3 aromatic rings. The first-order chi connectivity index (χ1) is 17.9. The minimum atomic E-state index is -0.833. The number of aromatic nitrogens is 3. The molecule has 0 radical (unpaired) electrons. The first kappa shape index (κ1) is 25.5. The van der Waals surface area contributed by atoms with Crippen LogP contribution in [0.25, 0.3) is 0 Å². The number of nitrogens with one attached hydrogen (secondary N) is 2. The minimum absolute atomic E-state index is 0.0264. The Hall–Kier alpha value is -3.17. The average Bonchev–Trinajstić information content (AvgIpc) is 3.51. The van der Waals surface area contributed by atoms with Crippen LogP contribution >= 0.6 is 23.4 Å². The molecule has 0 saturated carbocycles. The fourth-order valence-electron chi connectivity index (χ4n) is 4.62. The summed E-state index contributed by atoms with van der Waals surface area (Å²) < 4.78 is 7.73. The summed E-state index contributed by atoms with van der Waals surface area (Å²) in [6.07, 6.45) is 5.37. The van der Waals surface area contributed by atoms with Crippen LogP contribution in [0.3, 0.4) is 0 Å². The van der Waals surface area contributed by atoms with E-state index in [1.165, 1.54) is 5.56 Å². The van der Waals surface area contributed by atoms with Gasteiger partial charge in [0.2, 0.25) is 5.88 Å². The number of benzene rings is 1. The van der Waals surface area contributed by atoms with Crippen molar-refractivity contribution >= 4 is 35.1 Å². The van der Waals surface area contributed by atoms with Gasteiger partial charge in [-0.05, 0) is 48.6 Å². The Balaban J connectivity index is 1.19. The molecule has 2 unspecified atom stereocenters. The average molecular weight is 540 g/mol. The fourth-order valence-corrected chi connectivity index (χ4v) is 5.95. The zero-order valence-corrected chi connectivity index (χ0v) is 22.2. The Bertz CT molecular complexity index is 1290. The predicted octanol–water partition coefficient (Wildman–Crippen LogP) is 4.96. The molecular formula is C27H30ClN5O3S. The molecule has 2 aromatic heterocycles. The second kappa shape index (κ2) is 11.5. The van der Waals surface area contributed by atoms with Crippen molar-refractivity contribution in [2.45, 2.75) is 37.5 Å². The van der Waals surface area contributed by atoms with E-state index >= 15 is 0 Å². The Morgan fingerprint density at radius 1 is 1.27 bits per heavy atom. The van der Waals surface area contributed by atoms with E-state index < -0.39 is 5.97 Å². The molecule has 1 aromatic carbocycles. The Labute approximate surface area is 225 Å². The summed E-state index contributed by atoms with van der Waals surface area (Å²) in [6.45, 7) is 1.45. The maximum atomic E-state index is 11.7. The van der Waals surface area contributed by atoms with Gasteiger partial charge in [-0.25, -0.2) is 9.67 Å². The number of pyridine rings is 1.